The number of thioether (sulfide) groups is 1. The zero-order valence-corrected chi connectivity index (χ0v) is 14.7. The first kappa shape index (κ1) is 16.4. The second-order valence-electron chi connectivity index (χ2n) is 5.91. The lowest BCUT2D eigenvalue weighted by Gasteiger charge is -2.15. The SMILES string of the molecule is C[C@@H](NC(=O)CSc1ccc(Cl)cc1)c1ccc2c(c1)CCC2. The fourth-order valence-electron chi connectivity index (χ4n) is 2.91. The van der Waals surface area contributed by atoms with Crippen LogP contribution in [0.3, 0.4) is 0 Å². The molecule has 0 saturated carbocycles. The summed E-state index contributed by atoms with van der Waals surface area (Å²) in [6.45, 7) is 2.04. The summed E-state index contributed by atoms with van der Waals surface area (Å²) in [6.07, 6.45) is 3.60. The van der Waals surface area contributed by atoms with Crippen molar-refractivity contribution in [3.05, 3.63) is 64.2 Å². The Labute approximate surface area is 146 Å². The number of nitrogens with one attached hydrogen (secondary N) is 1. The third-order valence-corrected chi connectivity index (χ3v) is 5.45. The van der Waals surface area contributed by atoms with Gasteiger partial charge < -0.3 is 5.32 Å². The number of amides is 1. The summed E-state index contributed by atoms with van der Waals surface area (Å²) < 4.78 is 0. The van der Waals surface area contributed by atoms with Gasteiger partial charge in [0.05, 0.1) is 11.8 Å². The number of hydrogen-bond acceptors (Lipinski definition) is 2. The summed E-state index contributed by atoms with van der Waals surface area (Å²) in [6, 6.07) is 14.2. The highest BCUT2D eigenvalue weighted by Gasteiger charge is 2.15. The highest BCUT2D eigenvalue weighted by Crippen LogP contribution is 2.25. The normalized spacial score (nSPS) is 14.3. The lowest BCUT2D eigenvalue weighted by molar-refractivity contribution is -0.119. The van der Waals surface area contributed by atoms with Crippen molar-refractivity contribution in [3.8, 4) is 0 Å². The average molecular weight is 346 g/mol. The minimum Gasteiger partial charge on any atom is -0.349 e. The van der Waals surface area contributed by atoms with Crippen LogP contribution in [-0.2, 0) is 17.6 Å². The monoisotopic (exact) mass is 345 g/mol. The number of aryl methyl sites for hydroxylation is 2. The van der Waals surface area contributed by atoms with Crippen LogP contribution in [0.15, 0.2) is 47.4 Å². The van der Waals surface area contributed by atoms with Gasteiger partial charge in [0.25, 0.3) is 0 Å². The van der Waals surface area contributed by atoms with Gasteiger partial charge in [-0.3, -0.25) is 4.79 Å². The topological polar surface area (TPSA) is 29.1 Å². The largest absolute Gasteiger partial charge is 0.349 e. The van der Waals surface area contributed by atoms with Crippen molar-refractivity contribution in [2.45, 2.75) is 37.1 Å². The highest BCUT2D eigenvalue weighted by atomic mass is 35.5. The molecule has 1 aliphatic carbocycles. The molecule has 120 valence electrons. The molecule has 3 rings (SSSR count). The van der Waals surface area contributed by atoms with Crippen LogP contribution in [0.25, 0.3) is 0 Å². The van der Waals surface area contributed by atoms with E-state index in [1.54, 1.807) is 0 Å². The van der Waals surface area contributed by atoms with Crippen LogP contribution in [0.1, 0.15) is 36.1 Å². The minimum absolute atomic E-state index is 0.0409. The Hall–Kier alpha value is -1.45. The maximum atomic E-state index is 12.1. The molecule has 2 nitrogen and oxygen atoms in total. The molecule has 1 atom stereocenters. The third kappa shape index (κ3) is 4.30. The second-order valence-corrected chi connectivity index (χ2v) is 7.40. The van der Waals surface area contributed by atoms with E-state index in [4.69, 9.17) is 11.6 Å². The standard InChI is InChI=1S/C19H20ClNOS/c1-13(15-6-5-14-3-2-4-16(14)11-15)21-19(22)12-23-18-9-7-17(20)8-10-18/h5-11,13H,2-4,12H2,1H3,(H,21,22)/t13-/m1/s1. The summed E-state index contributed by atoms with van der Waals surface area (Å²) in [5.41, 5.74) is 4.10. The molecule has 0 aromatic heterocycles. The zero-order valence-electron chi connectivity index (χ0n) is 13.1. The van der Waals surface area contributed by atoms with E-state index in [-0.39, 0.29) is 11.9 Å². The fraction of sp³-hybridized carbons (Fsp3) is 0.316. The fourth-order valence-corrected chi connectivity index (χ4v) is 3.74. The molecule has 0 radical (unpaired) electrons. The summed E-state index contributed by atoms with van der Waals surface area (Å²) in [5.74, 6) is 0.467. The van der Waals surface area contributed by atoms with Crippen molar-refractivity contribution in [1.82, 2.24) is 5.32 Å². The first-order valence-electron chi connectivity index (χ1n) is 7.91. The van der Waals surface area contributed by atoms with Gasteiger partial charge in [-0.1, -0.05) is 29.8 Å². The van der Waals surface area contributed by atoms with Crippen molar-refractivity contribution in [1.29, 1.82) is 0 Å². The number of rotatable bonds is 5. The molecule has 2 aromatic carbocycles. The van der Waals surface area contributed by atoms with Crippen molar-refractivity contribution in [2.24, 2.45) is 0 Å². The number of halogens is 1. The Morgan fingerprint density at radius 2 is 1.91 bits per heavy atom. The molecule has 1 N–H and O–H groups in total. The molecular formula is C19H20ClNOS. The average Bonchev–Trinajstić information content (AvgIpc) is 3.02. The zero-order chi connectivity index (χ0) is 16.2. The second kappa shape index (κ2) is 7.41. The Morgan fingerprint density at radius 1 is 1.17 bits per heavy atom. The smallest absolute Gasteiger partial charge is 0.230 e. The van der Waals surface area contributed by atoms with Crippen LogP contribution >= 0.6 is 23.4 Å². The van der Waals surface area contributed by atoms with Crippen LogP contribution in [0.2, 0.25) is 5.02 Å². The number of carbonyl (C=O) groups excluding carboxylic acids is 1. The number of benzene rings is 2. The Kier molecular flexibility index (Phi) is 5.29. The molecule has 23 heavy (non-hydrogen) atoms. The molecule has 0 unspecified atom stereocenters. The Morgan fingerprint density at radius 3 is 2.70 bits per heavy atom. The van der Waals surface area contributed by atoms with Crippen LogP contribution in [0.5, 0.6) is 0 Å². The van der Waals surface area contributed by atoms with Gasteiger partial charge >= 0.3 is 0 Å². The lowest BCUT2D eigenvalue weighted by atomic mass is 10.0. The molecule has 0 aliphatic heterocycles. The van der Waals surface area contributed by atoms with Crippen LogP contribution < -0.4 is 5.32 Å². The third-order valence-electron chi connectivity index (χ3n) is 4.18. The Bertz CT molecular complexity index is 699. The van der Waals surface area contributed by atoms with Gasteiger partial charge in [0, 0.05) is 9.92 Å². The van der Waals surface area contributed by atoms with Crippen LogP contribution in [-0.4, -0.2) is 11.7 Å². The summed E-state index contributed by atoms with van der Waals surface area (Å²) in [7, 11) is 0. The molecule has 0 saturated heterocycles. The van der Waals surface area contributed by atoms with E-state index < -0.39 is 0 Å². The number of hydrogen-bond donors (Lipinski definition) is 1. The van der Waals surface area contributed by atoms with Crippen LogP contribution in [0, 0.1) is 0 Å². The molecule has 1 amide bonds. The molecule has 4 heteroatoms. The van der Waals surface area contributed by atoms with E-state index in [1.807, 2.05) is 31.2 Å². The summed E-state index contributed by atoms with van der Waals surface area (Å²) >= 11 is 7.39. The van der Waals surface area contributed by atoms with E-state index in [0.717, 1.165) is 11.3 Å². The Balaban J connectivity index is 1.54. The molecule has 0 heterocycles. The molecule has 0 spiro atoms. The maximum Gasteiger partial charge on any atom is 0.230 e. The minimum atomic E-state index is 0.0409. The first-order chi connectivity index (χ1) is 11.1. The van der Waals surface area contributed by atoms with Gasteiger partial charge in [-0.25, -0.2) is 0 Å². The van der Waals surface area contributed by atoms with Gasteiger partial charge in [0.1, 0.15) is 0 Å². The van der Waals surface area contributed by atoms with E-state index in [2.05, 4.69) is 23.5 Å². The van der Waals surface area contributed by atoms with Gasteiger partial charge in [0.2, 0.25) is 5.91 Å². The van der Waals surface area contributed by atoms with Gasteiger partial charge in [0.15, 0.2) is 0 Å². The predicted molar refractivity (Wildman–Crippen MR) is 97.2 cm³/mol. The van der Waals surface area contributed by atoms with Crippen molar-refractivity contribution >= 4 is 29.3 Å². The lowest BCUT2D eigenvalue weighted by Crippen LogP contribution is -2.28. The summed E-state index contributed by atoms with van der Waals surface area (Å²) in [5, 5.41) is 3.80. The van der Waals surface area contributed by atoms with E-state index in [1.165, 1.54) is 41.3 Å². The van der Waals surface area contributed by atoms with Gasteiger partial charge in [-0.05, 0) is 67.1 Å². The number of fused-ring (bicyclic) bond motifs is 1. The van der Waals surface area contributed by atoms with Gasteiger partial charge in [-0.15, -0.1) is 11.8 Å². The molecular weight excluding hydrogens is 326 g/mol. The maximum absolute atomic E-state index is 12.1. The van der Waals surface area contributed by atoms with Gasteiger partial charge in [-0.2, -0.15) is 0 Å². The van der Waals surface area contributed by atoms with E-state index in [0.29, 0.717) is 10.8 Å². The number of carbonyl (C=O) groups is 1. The molecule has 1 aliphatic rings. The van der Waals surface area contributed by atoms with Crippen LogP contribution in [0.4, 0.5) is 0 Å². The predicted octanol–water partition coefficient (Wildman–Crippen LogP) is 4.80. The van der Waals surface area contributed by atoms with E-state index in [9.17, 15) is 4.79 Å². The highest BCUT2D eigenvalue weighted by molar-refractivity contribution is 8.00. The van der Waals surface area contributed by atoms with E-state index >= 15 is 0 Å². The summed E-state index contributed by atoms with van der Waals surface area (Å²) in [4.78, 5) is 13.2. The first-order valence-corrected chi connectivity index (χ1v) is 9.27. The molecule has 0 fully saturated rings. The van der Waals surface area contributed by atoms with Crippen molar-refractivity contribution < 1.29 is 4.79 Å². The molecule has 0 bridgehead atoms. The quantitative estimate of drug-likeness (QED) is 0.789. The molecule has 2 aromatic rings. The van der Waals surface area contributed by atoms with Crippen molar-refractivity contribution in [2.75, 3.05) is 5.75 Å². The van der Waals surface area contributed by atoms with Crippen molar-refractivity contribution in [3.63, 3.8) is 0 Å².